The lowest BCUT2D eigenvalue weighted by molar-refractivity contribution is -0.911. The number of fused-ring (bicyclic) bond motifs is 1. The third-order valence-electron chi connectivity index (χ3n) is 5.24. The number of quaternary nitrogens is 1. The van der Waals surface area contributed by atoms with E-state index in [0.717, 1.165) is 32.5 Å². The molecule has 2 aromatic heterocycles. The van der Waals surface area contributed by atoms with E-state index in [1.165, 1.54) is 43.7 Å². The molecule has 0 spiro atoms. The number of likely N-dealkylation sites (tertiary alicyclic amines) is 1. The predicted molar refractivity (Wildman–Crippen MR) is 111 cm³/mol. The monoisotopic (exact) mass is 386 g/mol. The van der Waals surface area contributed by atoms with Gasteiger partial charge in [-0.2, -0.15) is 0 Å². The van der Waals surface area contributed by atoms with Crippen molar-refractivity contribution in [2.45, 2.75) is 24.4 Å². The summed E-state index contributed by atoms with van der Waals surface area (Å²) in [5, 5.41) is 3.46. The molecule has 0 aliphatic carbocycles. The Morgan fingerprint density at radius 1 is 1.15 bits per heavy atom. The van der Waals surface area contributed by atoms with Crippen molar-refractivity contribution in [2.24, 2.45) is 0 Å². The summed E-state index contributed by atoms with van der Waals surface area (Å²) in [7, 11) is 2.36. The van der Waals surface area contributed by atoms with Crippen LogP contribution in [0.2, 0.25) is 0 Å². The van der Waals surface area contributed by atoms with E-state index in [9.17, 15) is 4.79 Å². The molecule has 136 valence electrons. The second kappa shape index (κ2) is 7.55. The number of rotatable bonds is 5. The number of hydrogen-bond donors (Lipinski definition) is 0. The van der Waals surface area contributed by atoms with Gasteiger partial charge in [-0.05, 0) is 42.8 Å². The van der Waals surface area contributed by atoms with Gasteiger partial charge in [0.25, 0.3) is 5.56 Å². The van der Waals surface area contributed by atoms with Gasteiger partial charge in [0.15, 0.2) is 5.16 Å². The predicted octanol–water partition coefficient (Wildman–Crippen LogP) is 4.17. The summed E-state index contributed by atoms with van der Waals surface area (Å²) >= 11 is 3.25. The van der Waals surface area contributed by atoms with Crippen molar-refractivity contribution in [3.63, 3.8) is 0 Å². The Labute approximate surface area is 162 Å². The molecule has 0 unspecified atom stereocenters. The van der Waals surface area contributed by atoms with Crippen molar-refractivity contribution in [3.8, 4) is 5.69 Å². The summed E-state index contributed by atoms with van der Waals surface area (Å²) in [6.45, 7) is 3.66. The van der Waals surface area contributed by atoms with Crippen LogP contribution in [-0.2, 0) is 0 Å². The van der Waals surface area contributed by atoms with Crippen LogP contribution in [0, 0.1) is 0 Å². The van der Waals surface area contributed by atoms with Crippen molar-refractivity contribution in [1.29, 1.82) is 0 Å². The molecule has 1 aliphatic heterocycles. The van der Waals surface area contributed by atoms with Crippen LogP contribution in [0.15, 0.2) is 51.7 Å². The Morgan fingerprint density at radius 3 is 2.69 bits per heavy atom. The highest BCUT2D eigenvalue weighted by molar-refractivity contribution is 7.99. The smallest absolute Gasteiger partial charge is 0.267 e. The fourth-order valence-electron chi connectivity index (χ4n) is 3.65. The van der Waals surface area contributed by atoms with E-state index in [2.05, 4.69) is 7.05 Å². The lowest BCUT2D eigenvalue weighted by atomic mass is 10.1. The molecule has 4 rings (SSSR count). The Balaban J connectivity index is 1.64. The Bertz CT molecular complexity index is 943. The molecular formula is C20H24N3OS2+. The quantitative estimate of drug-likeness (QED) is 0.375. The second-order valence-corrected chi connectivity index (χ2v) is 9.17. The maximum atomic E-state index is 13.1. The molecule has 0 amide bonds. The summed E-state index contributed by atoms with van der Waals surface area (Å²) in [5.41, 5.74) is 0.919. The molecule has 26 heavy (non-hydrogen) atoms. The van der Waals surface area contributed by atoms with E-state index in [-0.39, 0.29) is 5.56 Å². The summed E-state index contributed by atoms with van der Waals surface area (Å²) in [4.78, 5) is 18.7. The highest BCUT2D eigenvalue weighted by Gasteiger charge is 2.24. The molecule has 1 aliphatic rings. The third kappa shape index (κ3) is 3.59. The maximum Gasteiger partial charge on any atom is 0.267 e. The van der Waals surface area contributed by atoms with Gasteiger partial charge in [0.1, 0.15) is 4.83 Å². The topological polar surface area (TPSA) is 34.9 Å². The summed E-state index contributed by atoms with van der Waals surface area (Å²) < 4.78 is 2.92. The zero-order chi connectivity index (χ0) is 18.0. The Kier molecular flexibility index (Phi) is 5.16. The lowest BCUT2D eigenvalue weighted by Crippen LogP contribution is -2.49. The molecule has 3 heterocycles. The normalized spacial score (nSPS) is 16.8. The number of hydrogen-bond acceptors (Lipinski definition) is 4. The molecule has 0 saturated carbocycles. The highest BCUT2D eigenvalue weighted by atomic mass is 32.2. The van der Waals surface area contributed by atoms with Gasteiger partial charge < -0.3 is 4.48 Å². The first-order chi connectivity index (χ1) is 12.7. The molecule has 1 saturated heterocycles. The van der Waals surface area contributed by atoms with E-state index in [4.69, 9.17) is 4.98 Å². The van der Waals surface area contributed by atoms with Crippen LogP contribution < -0.4 is 5.56 Å². The van der Waals surface area contributed by atoms with Crippen molar-refractivity contribution in [1.82, 2.24) is 9.55 Å². The molecule has 6 heteroatoms. The van der Waals surface area contributed by atoms with E-state index in [1.807, 2.05) is 41.8 Å². The van der Waals surface area contributed by atoms with Crippen LogP contribution in [0.4, 0.5) is 0 Å². The van der Waals surface area contributed by atoms with Crippen molar-refractivity contribution in [3.05, 3.63) is 52.1 Å². The van der Waals surface area contributed by atoms with Gasteiger partial charge in [-0.1, -0.05) is 30.0 Å². The fraction of sp³-hybridized carbons (Fsp3) is 0.400. The first-order valence-corrected chi connectivity index (χ1v) is 11.0. The summed E-state index contributed by atoms with van der Waals surface area (Å²) in [6.07, 6.45) is 4.02. The highest BCUT2D eigenvalue weighted by Crippen LogP contribution is 2.25. The molecule has 0 atom stereocenters. The third-order valence-corrected chi connectivity index (χ3v) is 6.96. The van der Waals surface area contributed by atoms with Gasteiger partial charge >= 0.3 is 0 Å². The largest absolute Gasteiger partial charge is 0.325 e. The first kappa shape index (κ1) is 17.8. The van der Waals surface area contributed by atoms with E-state index >= 15 is 0 Å². The van der Waals surface area contributed by atoms with Crippen molar-refractivity contribution < 1.29 is 4.48 Å². The first-order valence-electron chi connectivity index (χ1n) is 9.18. The molecule has 1 aromatic carbocycles. The number of aromatic nitrogens is 2. The van der Waals surface area contributed by atoms with E-state index in [0.29, 0.717) is 5.39 Å². The number of thioether (sulfide) groups is 1. The SMILES string of the molecule is C[N+]1(CCSc2nc3sccc3c(=O)n2-c2ccccc2)CCCCC1. The average molecular weight is 387 g/mol. The van der Waals surface area contributed by atoms with Gasteiger partial charge in [-0.3, -0.25) is 9.36 Å². The summed E-state index contributed by atoms with van der Waals surface area (Å²) in [5.74, 6) is 0.979. The van der Waals surface area contributed by atoms with Crippen LogP contribution >= 0.6 is 23.1 Å². The number of thiophene rings is 1. The minimum atomic E-state index is 0.0308. The molecule has 0 bridgehead atoms. The van der Waals surface area contributed by atoms with Crippen LogP contribution in [-0.4, -0.2) is 46.5 Å². The van der Waals surface area contributed by atoms with Gasteiger partial charge in [0.05, 0.1) is 43.5 Å². The van der Waals surface area contributed by atoms with Gasteiger partial charge in [-0.25, -0.2) is 4.98 Å². The average Bonchev–Trinajstić information content (AvgIpc) is 3.12. The van der Waals surface area contributed by atoms with E-state index < -0.39 is 0 Å². The van der Waals surface area contributed by atoms with Gasteiger partial charge in [0.2, 0.25) is 0 Å². The van der Waals surface area contributed by atoms with Crippen LogP contribution in [0.3, 0.4) is 0 Å². The zero-order valence-corrected chi connectivity index (χ0v) is 16.7. The van der Waals surface area contributed by atoms with Crippen molar-refractivity contribution in [2.75, 3.05) is 32.4 Å². The molecule has 0 N–H and O–H groups in total. The molecule has 0 radical (unpaired) electrons. The Morgan fingerprint density at radius 2 is 1.92 bits per heavy atom. The maximum absolute atomic E-state index is 13.1. The van der Waals surface area contributed by atoms with E-state index in [1.54, 1.807) is 16.3 Å². The zero-order valence-electron chi connectivity index (χ0n) is 15.1. The molecule has 3 aromatic rings. The standard InChI is InChI=1S/C20H24N3OS2/c1-23(11-6-3-7-12-23)13-15-26-20-21-18-17(10-14-25-18)19(24)22(20)16-8-4-2-5-9-16/h2,4-5,8-10,14H,3,6-7,11-13,15H2,1H3/q+1. The minimum absolute atomic E-state index is 0.0308. The van der Waals surface area contributed by atoms with Crippen LogP contribution in [0.5, 0.6) is 0 Å². The molecular weight excluding hydrogens is 362 g/mol. The second-order valence-electron chi connectivity index (χ2n) is 7.21. The number of piperidine rings is 1. The lowest BCUT2D eigenvalue weighted by Gasteiger charge is -2.37. The number of benzene rings is 1. The minimum Gasteiger partial charge on any atom is -0.325 e. The summed E-state index contributed by atoms with van der Waals surface area (Å²) in [6, 6.07) is 11.7. The van der Waals surface area contributed by atoms with Crippen LogP contribution in [0.1, 0.15) is 19.3 Å². The number of para-hydroxylation sites is 1. The van der Waals surface area contributed by atoms with Gasteiger partial charge in [-0.15, -0.1) is 11.3 Å². The molecule has 4 nitrogen and oxygen atoms in total. The number of nitrogens with zero attached hydrogens (tertiary/aromatic N) is 3. The van der Waals surface area contributed by atoms with Crippen molar-refractivity contribution >= 4 is 33.3 Å². The molecule has 1 fully saturated rings. The van der Waals surface area contributed by atoms with Gasteiger partial charge in [0, 0.05) is 0 Å². The fourth-order valence-corrected chi connectivity index (χ4v) is 5.65. The Hall–Kier alpha value is -1.63. The van der Waals surface area contributed by atoms with Crippen LogP contribution in [0.25, 0.3) is 15.9 Å².